The van der Waals surface area contributed by atoms with Crippen LogP contribution in [0.15, 0.2) is 58.4 Å². The number of ether oxygens (including phenoxy) is 1. The number of pyridine rings is 1. The lowest BCUT2D eigenvalue weighted by atomic mass is 10.1. The van der Waals surface area contributed by atoms with E-state index in [0.717, 1.165) is 6.07 Å². The average molecular weight is 445 g/mol. The molecule has 0 saturated carbocycles. The summed E-state index contributed by atoms with van der Waals surface area (Å²) in [6.07, 6.45) is 3.25. The predicted molar refractivity (Wildman–Crippen MR) is 117 cm³/mol. The van der Waals surface area contributed by atoms with Crippen LogP contribution >= 0.6 is 0 Å². The molecule has 32 heavy (non-hydrogen) atoms. The molecule has 2 aromatic rings. The molecule has 1 aliphatic heterocycles. The van der Waals surface area contributed by atoms with Gasteiger partial charge in [-0.2, -0.15) is 18.3 Å². The Bertz CT molecular complexity index is 1120. The van der Waals surface area contributed by atoms with Crippen LogP contribution in [0, 0.1) is 0 Å². The molecule has 3 rings (SSSR count). The second-order valence-corrected chi connectivity index (χ2v) is 6.90. The molecule has 0 saturated heterocycles. The number of hydrogen-bond acceptors (Lipinski definition) is 7. The lowest BCUT2D eigenvalue weighted by Crippen LogP contribution is -2.15. The number of benzene rings is 1. The number of anilines is 1. The molecular formula is C22H22F3N5O2. The van der Waals surface area contributed by atoms with E-state index in [4.69, 9.17) is 10.5 Å². The van der Waals surface area contributed by atoms with E-state index in [1.165, 1.54) is 19.4 Å². The number of aromatic nitrogens is 1. The van der Waals surface area contributed by atoms with Crippen molar-refractivity contribution in [1.29, 1.82) is 0 Å². The van der Waals surface area contributed by atoms with Crippen molar-refractivity contribution in [3.8, 4) is 11.5 Å². The van der Waals surface area contributed by atoms with Gasteiger partial charge in [-0.25, -0.2) is 4.98 Å². The Morgan fingerprint density at radius 2 is 1.94 bits per heavy atom. The zero-order valence-electron chi connectivity index (χ0n) is 17.4. The molecule has 1 aromatic carbocycles. The molecule has 0 aliphatic carbocycles. The summed E-state index contributed by atoms with van der Waals surface area (Å²) in [7, 11) is 1.43. The smallest absolute Gasteiger partial charge is 0.419 e. The standard InChI is InChI=1S/C22H22F3N5O2/c1-13-20(15-10-16(22(23,24)25)21(26)28-12-15)30-29-17(6-4-3-5-9-27-13)14-7-8-18(31)19(11-14)32-2/h4,6-12,30-31H,3,5H2,1-2H3,(H2,26,28)/b6-4?,20-13-,27-9?,29-17+. The van der Waals surface area contributed by atoms with Gasteiger partial charge in [-0.3, -0.25) is 10.4 Å². The number of phenolic OH excluding ortho intramolecular Hbond substituents is 1. The van der Waals surface area contributed by atoms with E-state index < -0.39 is 17.6 Å². The van der Waals surface area contributed by atoms with Gasteiger partial charge in [0.05, 0.1) is 29.8 Å². The normalized spacial score (nSPS) is 19.0. The summed E-state index contributed by atoms with van der Waals surface area (Å²) in [4.78, 5) is 8.04. The number of nitrogens with two attached hydrogens (primary N) is 1. The lowest BCUT2D eigenvalue weighted by molar-refractivity contribution is -0.137. The van der Waals surface area contributed by atoms with Gasteiger partial charge in [0.15, 0.2) is 11.5 Å². The summed E-state index contributed by atoms with van der Waals surface area (Å²) in [5.41, 5.74) is 9.15. The number of hydrogen-bond donors (Lipinski definition) is 3. The number of nitrogen functional groups attached to an aromatic ring is 1. The lowest BCUT2D eigenvalue weighted by Gasteiger charge is -2.14. The number of hydrazone groups is 1. The van der Waals surface area contributed by atoms with E-state index in [1.54, 1.807) is 31.3 Å². The largest absolute Gasteiger partial charge is 0.504 e. The minimum atomic E-state index is -4.65. The maximum absolute atomic E-state index is 13.3. The van der Waals surface area contributed by atoms with Crippen LogP contribution < -0.4 is 15.9 Å². The maximum Gasteiger partial charge on any atom is 0.419 e. The highest BCUT2D eigenvalue weighted by Gasteiger charge is 2.34. The van der Waals surface area contributed by atoms with E-state index in [9.17, 15) is 18.3 Å². The first kappa shape index (κ1) is 22.9. The van der Waals surface area contributed by atoms with Crippen molar-refractivity contribution in [3.63, 3.8) is 0 Å². The fraction of sp³-hybridized carbons (Fsp3) is 0.227. The van der Waals surface area contributed by atoms with Crippen molar-refractivity contribution in [2.24, 2.45) is 10.1 Å². The molecule has 0 radical (unpaired) electrons. The van der Waals surface area contributed by atoms with Gasteiger partial charge in [-0.15, -0.1) is 0 Å². The third kappa shape index (κ3) is 5.26. The number of methoxy groups -OCH3 is 1. The Hall–Kier alpha value is -3.82. The summed E-state index contributed by atoms with van der Waals surface area (Å²) >= 11 is 0. The van der Waals surface area contributed by atoms with E-state index in [1.807, 2.05) is 6.08 Å². The number of alkyl halides is 3. The third-order valence-corrected chi connectivity index (χ3v) is 4.66. The highest BCUT2D eigenvalue weighted by atomic mass is 19.4. The Balaban J connectivity index is 2.09. The molecule has 0 spiro atoms. The van der Waals surface area contributed by atoms with Crippen LogP contribution in [0.25, 0.3) is 5.70 Å². The fourth-order valence-corrected chi connectivity index (χ4v) is 2.98. The molecule has 2 heterocycles. The van der Waals surface area contributed by atoms with E-state index in [-0.39, 0.29) is 22.8 Å². The molecule has 0 fully saturated rings. The third-order valence-electron chi connectivity index (χ3n) is 4.66. The molecule has 1 aromatic heterocycles. The highest BCUT2D eigenvalue weighted by Crippen LogP contribution is 2.34. The van der Waals surface area contributed by atoms with E-state index >= 15 is 0 Å². The Morgan fingerprint density at radius 1 is 1.16 bits per heavy atom. The molecule has 4 N–H and O–H groups in total. The van der Waals surface area contributed by atoms with Gasteiger partial charge < -0.3 is 15.6 Å². The summed E-state index contributed by atoms with van der Waals surface area (Å²) in [5.74, 6) is -0.369. The number of aromatic hydroxyl groups is 1. The molecule has 7 nitrogen and oxygen atoms in total. The summed E-state index contributed by atoms with van der Waals surface area (Å²) < 4.78 is 45.2. The average Bonchev–Trinajstić information content (AvgIpc) is 2.79. The van der Waals surface area contributed by atoms with Crippen LogP contribution in [0.1, 0.15) is 36.5 Å². The van der Waals surface area contributed by atoms with Crippen LogP contribution in [0.5, 0.6) is 11.5 Å². The zero-order valence-corrected chi connectivity index (χ0v) is 17.4. The van der Waals surface area contributed by atoms with Crippen LogP contribution in [-0.4, -0.2) is 29.1 Å². The molecular weight excluding hydrogens is 423 g/mol. The summed E-state index contributed by atoms with van der Waals surface area (Å²) in [6, 6.07) is 5.65. The number of halogens is 3. The van der Waals surface area contributed by atoms with Crippen LogP contribution in [0.4, 0.5) is 19.0 Å². The number of nitrogens with one attached hydrogen (secondary N) is 1. The van der Waals surface area contributed by atoms with Gasteiger partial charge >= 0.3 is 6.18 Å². The molecule has 0 atom stereocenters. The number of allylic oxidation sites excluding steroid dienone is 3. The van der Waals surface area contributed by atoms with Crippen molar-refractivity contribution in [2.45, 2.75) is 25.9 Å². The molecule has 0 bridgehead atoms. The SMILES string of the molecule is COc1cc(/C2=N/N/C(c3cnc(N)c(C(F)(F)F)c3)=C(/C)N=CCCC=C2)ccc1O. The van der Waals surface area contributed by atoms with Gasteiger partial charge in [0.25, 0.3) is 0 Å². The Labute approximate surface area is 182 Å². The monoisotopic (exact) mass is 445 g/mol. The van der Waals surface area contributed by atoms with Gasteiger partial charge in [0.2, 0.25) is 0 Å². The predicted octanol–water partition coefficient (Wildman–Crippen LogP) is 4.50. The minimum absolute atomic E-state index is 0.0251. The summed E-state index contributed by atoms with van der Waals surface area (Å²) in [5, 5.41) is 14.3. The quantitative estimate of drug-likeness (QED) is 0.645. The van der Waals surface area contributed by atoms with Gasteiger partial charge in [0.1, 0.15) is 5.82 Å². The highest BCUT2D eigenvalue weighted by molar-refractivity contribution is 6.09. The molecule has 168 valence electrons. The maximum atomic E-state index is 13.3. The minimum Gasteiger partial charge on any atom is -0.504 e. The number of aliphatic imine (C=N–C) groups is 1. The molecule has 0 amide bonds. The molecule has 1 aliphatic rings. The first-order valence-corrected chi connectivity index (χ1v) is 9.64. The summed E-state index contributed by atoms with van der Waals surface area (Å²) in [6.45, 7) is 1.66. The number of rotatable bonds is 3. The van der Waals surface area contributed by atoms with Gasteiger partial charge in [0, 0.05) is 23.5 Å². The molecule has 0 unspecified atom stereocenters. The Morgan fingerprint density at radius 3 is 2.66 bits per heavy atom. The van der Waals surface area contributed by atoms with Crippen LogP contribution in [0.2, 0.25) is 0 Å². The fourth-order valence-electron chi connectivity index (χ4n) is 2.98. The first-order valence-electron chi connectivity index (χ1n) is 9.64. The second-order valence-electron chi connectivity index (χ2n) is 6.90. The van der Waals surface area contributed by atoms with Gasteiger partial charge in [-0.05, 0) is 50.1 Å². The zero-order chi connectivity index (χ0) is 23.3. The topological polar surface area (TPSA) is 105 Å². The van der Waals surface area contributed by atoms with Crippen molar-refractivity contribution in [3.05, 3.63) is 65.0 Å². The molecule has 10 heteroatoms. The van der Waals surface area contributed by atoms with Crippen molar-refractivity contribution >= 4 is 23.4 Å². The number of nitrogens with zero attached hydrogens (tertiary/aromatic N) is 3. The van der Waals surface area contributed by atoms with Crippen LogP contribution in [0.3, 0.4) is 0 Å². The van der Waals surface area contributed by atoms with Crippen molar-refractivity contribution in [2.75, 3.05) is 12.8 Å². The van der Waals surface area contributed by atoms with Crippen molar-refractivity contribution in [1.82, 2.24) is 10.4 Å². The number of phenols is 1. The van der Waals surface area contributed by atoms with E-state index in [0.29, 0.717) is 29.8 Å². The van der Waals surface area contributed by atoms with E-state index in [2.05, 4.69) is 20.5 Å². The van der Waals surface area contributed by atoms with Gasteiger partial charge in [-0.1, -0.05) is 6.08 Å². The Kier molecular flexibility index (Phi) is 6.82. The second kappa shape index (κ2) is 9.54. The first-order chi connectivity index (χ1) is 15.2. The van der Waals surface area contributed by atoms with Crippen LogP contribution in [-0.2, 0) is 6.18 Å². The van der Waals surface area contributed by atoms with Crippen molar-refractivity contribution < 1.29 is 23.0 Å².